The van der Waals surface area contributed by atoms with Gasteiger partial charge in [0.15, 0.2) is 5.82 Å². The average Bonchev–Trinajstić information content (AvgIpc) is 3.38. The third-order valence-corrected chi connectivity index (χ3v) is 5.50. The van der Waals surface area contributed by atoms with E-state index in [1.807, 2.05) is 49.9 Å². The Morgan fingerprint density at radius 2 is 2.03 bits per heavy atom. The zero-order valence-corrected chi connectivity index (χ0v) is 17.9. The van der Waals surface area contributed by atoms with Gasteiger partial charge in [0.05, 0.1) is 29.5 Å². The third-order valence-electron chi connectivity index (χ3n) is 5.50. The summed E-state index contributed by atoms with van der Waals surface area (Å²) >= 11 is 0. The second-order valence-corrected chi connectivity index (χ2v) is 7.56. The minimum atomic E-state index is -0.0820. The lowest BCUT2D eigenvalue weighted by Crippen LogP contribution is -2.28. The maximum Gasteiger partial charge on any atom is 0.254 e. The first-order valence-electron chi connectivity index (χ1n) is 9.91. The van der Waals surface area contributed by atoms with Gasteiger partial charge in [0.25, 0.3) is 5.91 Å². The van der Waals surface area contributed by atoms with Crippen molar-refractivity contribution >= 4 is 16.8 Å². The van der Waals surface area contributed by atoms with E-state index in [1.165, 1.54) is 0 Å². The first-order valence-corrected chi connectivity index (χ1v) is 9.91. The Morgan fingerprint density at radius 1 is 1.23 bits per heavy atom. The van der Waals surface area contributed by atoms with Gasteiger partial charge < -0.3 is 9.47 Å². The van der Waals surface area contributed by atoms with E-state index in [9.17, 15) is 4.79 Å². The van der Waals surface area contributed by atoms with Crippen LogP contribution in [0.4, 0.5) is 0 Å². The zero-order chi connectivity index (χ0) is 21.4. The maximum absolute atomic E-state index is 13.5. The fraction of sp³-hybridized carbons (Fsp3) is 0.318. The van der Waals surface area contributed by atoms with Crippen molar-refractivity contribution in [3.05, 3.63) is 59.4 Å². The Balaban J connectivity index is 1.82. The van der Waals surface area contributed by atoms with E-state index >= 15 is 0 Å². The average molecular weight is 403 g/mol. The van der Waals surface area contributed by atoms with E-state index < -0.39 is 0 Å². The fourth-order valence-electron chi connectivity index (χ4n) is 3.56. The van der Waals surface area contributed by atoms with Crippen molar-refractivity contribution in [3.63, 3.8) is 0 Å². The Bertz CT molecular complexity index is 1240. The van der Waals surface area contributed by atoms with Gasteiger partial charge in [-0.15, -0.1) is 10.2 Å². The van der Waals surface area contributed by atoms with Crippen LogP contribution >= 0.6 is 0 Å². The van der Waals surface area contributed by atoms with Gasteiger partial charge in [0, 0.05) is 37.8 Å². The van der Waals surface area contributed by atoms with E-state index in [1.54, 1.807) is 29.2 Å². The number of amides is 1. The second kappa shape index (κ2) is 7.70. The number of aromatic nitrogens is 6. The number of rotatable bonds is 5. The van der Waals surface area contributed by atoms with E-state index in [0.29, 0.717) is 12.1 Å². The van der Waals surface area contributed by atoms with Crippen LogP contribution in [0, 0.1) is 13.8 Å². The number of carbonyl (C=O) groups excluding carboxylic acids is 1. The standard InChI is InChI=1S/C22H25N7O/c1-6-29-13-23-26-20(29)12-27(4)22(30)18-9-19(16-10-24-28(5)11-16)25-21-15(3)14(2)7-8-17(18)21/h7-11,13H,6,12H2,1-5H3. The topological polar surface area (TPSA) is 81.7 Å². The molecule has 0 aliphatic heterocycles. The summed E-state index contributed by atoms with van der Waals surface area (Å²) in [6, 6.07) is 5.87. The molecule has 0 bridgehead atoms. The molecule has 3 aromatic heterocycles. The zero-order valence-electron chi connectivity index (χ0n) is 17.9. The molecule has 8 heteroatoms. The smallest absolute Gasteiger partial charge is 0.254 e. The molecule has 3 heterocycles. The Morgan fingerprint density at radius 3 is 2.73 bits per heavy atom. The van der Waals surface area contributed by atoms with Gasteiger partial charge in [-0.25, -0.2) is 4.98 Å². The summed E-state index contributed by atoms with van der Waals surface area (Å²) in [4.78, 5) is 20.0. The molecule has 0 saturated heterocycles. The molecule has 1 aromatic carbocycles. The lowest BCUT2D eigenvalue weighted by Gasteiger charge is -2.19. The van der Waals surface area contributed by atoms with Crippen LogP contribution in [0.5, 0.6) is 0 Å². The van der Waals surface area contributed by atoms with Crippen LogP contribution in [0.15, 0.2) is 36.9 Å². The van der Waals surface area contributed by atoms with Crippen molar-refractivity contribution in [1.82, 2.24) is 34.4 Å². The summed E-state index contributed by atoms with van der Waals surface area (Å²) in [6.45, 7) is 7.25. The highest BCUT2D eigenvalue weighted by molar-refractivity contribution is 6.07. The van der Waals surface area contributed by atoms with Crippen LogP contribution < -0.4 is 0 Å². The van der Waals surface area contributed by atoms with Gasteiger partial charge in [-0.3, -0.25) is 9.48 Å². The third kappa shape index (κ3) is 3.45. The number of aryl methyl sites for hydroxylation is 4. The predicted molar refractivity (Wildman–Crippen MR) is 115 cm³/mol. The highest BCUT2D eigenvalue weighted by atomic mass is 16.2. The van der Waals surface area contributed by atoms with Crippen LogP contribution in [-0.4, -0.2) is 47.4 Å². The summed E-state index contributed by atoms with van der Waals surface area (Å²) in [7, 11) is 3.65. The number of pyridine rings is 1. The van der Waals surface area contributed by atoms with Gasteiger partial charge in [0.1, 0.15) is 6.33 Å². The minimum Gasteiger partial charge on any atom is -0.334 e. The van der Waals surface area contributed by atoms with Crippen molar-refractivity contribution < 1.29 is 4.79 Å². The summed E-state index contributed by atoms with van der Waals surface area (Å²) < 4.78 is 3.67. The van der Waals surface area contributed by atoms with Gasteiger partial charge in [-0.2, -0.15) is 5.10 Å². The van der Waals surface area contributed by atoms with Crippen LogP contribution in [0.25, 0.3) is 22.2 Å². The molecule has 4 aromatic rings. The molecule has 0 radical (unpaired) electrons. The summed E-state index contributed by atoms with van der Waals surface area (Å²) in [5, 5.41) is 13.2. The predicted octanol–water partition coefficient (Wildman–Crippen LogP) is 3.14. The summed E-state index contributed by atoms with van der Waals surface area (Å²) in [5.41, 5.74) is 5.28. The molecule has 1 amide bonds. The minimum absolute atomic E-state index is 0.0820. The number of fused-ring (bicyclic) bond motifs is 1. The van der Waals surface area contributed by atoms with Gasteiger partial charge in [-0.1, -0.05) is 12.1 Å². The van der Waals surface area contributed by atoms with E-state index in [0.717, 1.165) is 45.7 Å². The van der Waals surface area contributed by atoms with Gasteiger partial charge >= 0.3 is 0 Å². The first-order chi connectivity index (χ1) is 14.4. The number of benzene rings is 1. The molecule has 0 saturated carbocycles. The molecule has 0 N–H and O–H groups in total. The van der Waals surface area contributed by atoms with Crippen molar-refractivity contribution in [3.8, 4) is 11.3 Å². The van der Waals surface area contributed by atoms with E-state index in [2.05, 4.69) is 22.2 Å². The lowest BCUT2D eigenvalue weighted by molar-refractivity contribution is 0.0782. The highest BCUT2D eigenvalue weighted by Gasteiger charge is 2.20. The molecule has 4 rings (SSSR count). The normalized spacial score (nSPS) is 11.2. The van der Waals surface area contributed by atoms with Crippen molar-refractivity contribution in [2.24, 2.45) is 7.05 Å². The molecule has 0 fully saturated rings. The Kier molecular flexibility index (Phi) is 5.07. The van der Waals surface area contributed by atoms with Crippen LogP contribution in [0.2, 0.25) is 0 Å². The van der Waals surface area contributed by atoms with Crippen molar-refractivity contribution in [2.45, 2.75) is 33.9 Å². The largest absolute Gasteiger partial charge is 0.334 e. The number of hydrogen-bond acceptors (Lipinski definition) is 5. The highest BCUT2D eigenvalue weighted by Crippen LogP contribution is 2.29. The van der Waals surface area contributed by atoms with Gasteiger partial charge in [0.2, 0.25) is 0 Å². The molecular formula is C22H25N7O. The maximum atomic E-state index is 13.5. The molecule has 0 atom stereocenters. The number of nitrogens with zero attached hydrogens (tertiary/aromatic N) is 7. The van der Waals surface area contributed by atoms with E-state index in [-0.39, 0.29) is 5.91 Å². The Labute approximate surface area is 175 Å². The summed E-state index contributed by atoms with van der Waals surface area (Å²) in [6.07, 6.45) is 5.35. The fourth-order valence-corrected chi connectivity index (χ4v) is 3.56. The van der Waals surface area contributed by atoms with Crippen molar-refractivity contribution in [1.29, 1.82) is 0 Å². The van der Waals surface area contributed by atoms with E-state index in [4.69, 9.17) is 4.98 Å². The van der Waals surface area contributed by atoms with Crippen LogP contribution in [0.1, 0.15) is 34.2 Å². The molecule has 0 aliphatic carbocycles. The summed E-state index contributed by atoms with van der Waals surface area (Å²) in [5.74, 6) is 0.674. The molecule has 0 spiro atoms. The molecule has 0 aliphatic rings. The molecule has 154 valence electrons. The molecule has 0 unspecified atom stereocenters. The van der Waals surface area contributed by atoms with Gasteiger partial charge in [-0.05, 0) is 38.0 Å². The Hall–Kier alpha value is -3.55. The monoisotopic (exact) mass is 403 g/mol. The first kappa shape index (κ1) is 19.8. The van der Waals surface area contributed by atoms with Crippen LogP contribution in [-0.2, 0) is 20.1 Å². The molecule has 8 nitrogen and oxygen atoms in total. The van der Waals surface area contributed by atoms with Crippen LogP contribution in [0.3, 0.4) is 0 Å². The second-order valence-electron chi connectivity index (χ2n) is 7.56. The molecule has 30 heavy (non-hydrogen) atoms. The van der Waals surface area contributed by atoms with Crippen molar-refractivity contribution in [2.75, 3.05) is 7.05 Å². The number of hydrogen-bond donors (Lipinski definition) is 0. The molecular weight excluding hydrogens is 378 g/mol. The lowest BCUT2D eigenvalue weighted by atomic mass is 9.99. The number of carbonyl (C=O) groups is 1. The SMILES string of the molecule is CCn1cnnc1CN(C)C(=O)c1cc(-c2cnn(C)c2)nc2c(C)c(C)ccc12. The quantitative estimate of drug-likeness (QED) is 0.511.